The Labute approximate surface area is 113 Å². The summed E-state index contributed by atoms with van der Waals surface area (Å²) >= 11 is 0. The number of terminal acetylenes is 1. The van der Waals surface area contributed by atoms with Crippen molar-refractivity contribution in [1.29, 1.82) is 0 Å². The molecule has 1 aliphatic carbocycles. The molecule has 96 valence electrons. The number of anilines is 1. The van der Waals surface area contributed by atoms with Crippen molar-refractivity contribution in [3.8, 4) is 23.6 Å². The number of nitrogen functional groups attached to an aromatic ring is 1. The highest BCUT2D eigenvalue weighted by molar-refractivity contribution is 5.73. The molecule has 1 fully saturated rings. The smallest absolute Gasteiger partial charge is 0.132 e. The van der Waals surface area contributed by atoms with Crippen molar-refractivity contribution in [3.05, 3.63) is 35.7 Å². The van der Waals surface area contributed by atoms with Crippen LogP contribution >= 0.6 is 0 Å². The predicted octanol–water partition coefficient (Wildman–Crippen LogP) is 2.95. The van der Waals surface area contributed by atoms with Gasteiger partial charge in [0.05, 0.1) is 6.54 Å². The molecule has 0 saturated heterocycles. The monoisotopic (exact) mass is 251 g/mol. The van der Waals surface area contributed by atoms with Gasteiger partial charge in [-0.15, -0.1) is 6.42 Å². The van der Waals surface area contributed by atoms with Gasteiger partial charge >= 0.3 is 0 Å². The molecule has 1 heterocycles. The molecule has 0 aliphatic heterocycles. The molecule has 3 nitrogen and oxygen atoms in total. The van der Waals surface area contributed by atoms with Gasteiger partial charge in [-0.3, -0.25) is 0 Å². The van der Waals surface area contributed by atoms with Gasteiger partial charge in [-0.25, -0.2) is 4.98 Å². The van der Waals surface area contributed by atoms with E-state index in [0.29, 0.717) is 18.3 Å². The summed E-state index contributed by atoms with van der Waals surface area (Å²) in [4.78, 5) is 4.76. The van der Waals surface area contributed by atoms with Gasteiger partial charge in [0.15, 0.2) is 0 Å². The molecule has 0 atom stereocenters. The van der Waals surface area contributed by atoms with Crippen LogP contribution in [0.1, 0.15) is 30.1 Å². The average Bonchev–Trinajstić information content (AvgIpc) is 3.19. The van der Waals surface area contributed by atoms with Gasteiger partial charge in [0.2, 0.25) is 0 Å². The molecule has 1 aromatic heterocycles. The molecule has 1 saturated carbocycles. The van der Waals surface area contributed by atoms with Crippen molar-refractivity contribution >= 4 is 5.82 Å². The van der Waals surface area contributed by atoms with E-state index < -0.39 is 0 Å². The Morgan fingerprint density at radius 3 is 2.79 bits per heavy atom. The topological polar surface area (TPSA) is 43.8 Å². The third-order valence-electron chi connectivity index (χ3n) is 3.63. The van der Waals surface area contributed by atoms with Crippen molar-refractivity contribution in [2.45, 2.75) is 32.2 Å². The zero-order chi connectivity index (χ0) is 13.4. The molecule has 1 aromatic carbocycles. The Kier molecular flexibility index (Phi) is 2.79. The lowest BCUT2D eigenvalue weighted by Crippen LogP contribution is -2.05. The number of rotatable bonds is 3. The lowest BCUT2D eigenvalue weighted by atomic mass is 10.1. The van der Waals surface area contributed by atoms with Crippen LogP contribution in [0.2, 0.25) is 0 Å². The Morgan fingerprint density at radius 1 is 1.42 bits per heavy atom. The van der Waals surface area contributed by atoms with Gasteiger partial charge in [0.25, 0.3) is 0 Å². The third-order valence-corrected chi connectivity index (χ3v) is 3.63. The Hall–Kier alpha value is -2.21. The van der Waals surface area contributed by atoms with E-state index in [4.69, 9.17) is 17.1 Å². The van der Waals surface area contributed by atoms with E-state index in [1.165, 1.54) is 18.4 Å². The van der Waals surface area contributed by atoms with Crippen LogP contribution in [0, 0.1) is 19.3 Å². The summed E-state index contributed by atoms with van der Waals surface area (Å²) < 4.78 is 1.99. The van der Waals surface area contributed by atoms with Gasteiger partial charge in [0.1, 0.15) is 17.3 Å². The van der Waals surface area contributed by atoms with Gasteiger partial charge in [-0.1, -0.05) is 30.2 Å². The maximum Gasteiger partial charge on any atom is 0.132 e. The molecule has 0 radical (unpaired) electrons. The van der Waals surface area contributed by atoms with Crippen LogP contribution < -0.4 is 5.73 Å². The van der Waals surface area contributed by atoms with Crippen LogP contribution in [0.5, 0.6) is 0 Å². The van der Waals surface area contributed by atoms with Crippen LogP contribution in [0.3, 0.4) is 0 Å². The standard InChI is InChI=1S/C16H17N3/c1-3-10-19-15(17)14(18-16(19)12-8-9-12)13-7-5-4-6-11(13)2/h1,4-7,12H,8-10,17H2,2H3. The maximum absolute atomic E-state index is 6.26. The minimum absolute atomic E-state index is 0.497. The zero-order valence-corrected chi connectivity index (χ0v) is 11.1. The van der Waals surface area contributed by atoms with Crippen molar-refractivity contribution in [3.63, 3.8) is 0 Å². The van der Waals surface area contributed by atoms with Gasteiger partial charge in [0, 0.05) is 11.5 Å². The van der Waals surface area contributed by atoms with E-state index in [2.05, 4.69) is 25.0 Å². The lowest BCUT2D eigenvalue weighted by molar-refractivity contribution is 0.762. The molecule has 2 N–H and O–H groups in total. The van der Waals surface area contributed by atoms with Crippen molar-refractivity contribution in [2.24, 2.45) is 0 Å². The Morgan fingerprint density at radius 2 is 2.16 bits per heavy atom. The quantitative estimate of drug-likeness (QED) is 0.852. The number of hydrogen-bond donors (Lipinski definition) is 1. The molecule has 19 heavy (non-hydrogen) atoms. The summed E-state index contributed by atoms with van der Waals surface area (Å²) in [5.41, 5.74) is 9.41. The van der Waals surface area contributed by atoms with Gasteiger partial charge in [-0.2, -0.15) is 0 Å². The van der Waals surface area contributed by atoms with Crippen LogP contribution in [-0.4, -0.2) is 9.55 Å². The fraction of sp³-hybridized carbons (Fsp3) is 0.312. The van der Waals surface area contributed by atoms with Crippen LogP contribution in [-0.2, 0) is 6.54 Å². The summed E-state index contributed by atoms with van der Waals surface area (Å²) in [6, 6.07) is 8.17. The fourth-order valence-corrected chi connectivity index (χ4v) is 2.43. The molecule has 0 amide bonds. The summed E-state index contributed by atoms with van der Waals surface area (Å²) in [6.45, 7) is 2.57. The highest BCUT2D eigenvalue weighted by atomic mass is 15.1. The lowest BCUT2D eigenvalue weighted by Gasteiger charge is -2.05. The first-order valence-electron chi connectivity index (χ1n) is 6.57. The molecule has 0 bridgehead atoms. The number of hydrogen-bond acceptors (Lipinski definition) is 2. The van der Waals surface area contributed by atoms with E-state index in [1.54, 1.807) is 0 Å². The van der Waals surface area contributed by atoms with Crippen LogP contribution in [0.4, 0.5) is 5.82 Å². The Bertz CT molecular complexity index is 657. The van der Waals surface area contributed by atoms with E-state index in [-0.39, 0.29) is 0 Å². The second-order valence-electron chi connectivity index (χ2n) is 5.08. The van der Waals surface area contributed by atoms with Crippen molar-refractivity contribution < 1.29 is 0 Å². The predicted molar refractivity (Wildman–Crippen MR) is 77.6 cm³/mol. The number of aromatic nitrogens is 2. The van der Waals surface area contributed by atoms with E-state index in [9.17, 15) is 0 Å². The van der Waals surface area contributed by atoms with Gasteiger partial charge in [-0.05, 0) is 25.3 Å². The first-order chi connectivity index (χ1) is 9.22. The normalized spacial score (nSPS) is 14.3. The number of imidazole rings is 1. The highest BCUT2D eigenvalue weighted by Gasteiger charge is 2.30. The zero-order valence-electron chi connectivity index (χ0n) is 11.1. The molecular formula is C16H17N3. The first kappa shape index (κ1) is 11.9. The largest absolute Gasteiger partial charge is 0.383 e. The van der Waals surface area contributed by atoms with E-state index >= 15 is 0 Å². The summed E-state index contributed by atoms with van der Waals surface area (Å²) in [5, 5.41) is 0. The minimum atomic E-state index is 0.497. The molecule has 1 aliphatic rings. The Balaban J connectivity index is 2.15. The fourth-order valence-electron chi connectivity index (χ4n) is 2.43. The second kappa shape index (κ2) is 4.47. The minimum Gasteiger partial charge on any atom is -0.383 e. The van der Waals surface area contributed by atoms with E-state index in [0.717, 1.165) is 17.1 Å². The van der Waals surface area contributed by atoms with Gasteiger partial charge < -0.3 is 10.3 Å². The summed E-state index contributed by atoms with van der Waals surface area (Å²) in [6.07, 6.45) is 7.82. The van der Waals surface area contributed by atoms with Crippen LogP contribution in [0.25, 0.3) is 11.3 Å². The summed E-state index contributed by atoms with van der Waals surface area (Å²) in [7, 11) is 0. The second-order valence-corrected chi connectivity index (χ2v) is 5.08. The van der Waals surface area contributed by atoms with Crippen LogP contribution in [0.15, 0.2) is 24.3 Å². The van der Waals surface area contributed by atoms with Crippen molar-refractivity contribution in [1.82, 2.24) is 9.55 Å². The summed E-state index contributed by atoms with van der Waals surface area (Å²) in [5.74, 6) is 4.94. The SMILES string of the molecule is C#CCn1c(C2CC2)nc(-c2ccccc2C)c1N. The highest BCUT2D eigenvalue weighted by Crippen LogP contribution is 2.42. The molecule has 3 heteroatoms. The molecule has 3 rings (SSSR count). The maximum atomic E-state index is 6.26. The average molecular weight is 251 g/mol. The number of nitrogens with two attached hydrogens (primary N) is 1. The van der Waals surface area contributed by atoms with E-state index in [1.807, 2.05) is 16.7 Å². The molecule has 2 aromatic rings. The molecule has 0 unspecified atom stereocenters. The number of benzene rings is 1. The van der Waals surface area contributed by atoms with Crippen molar-refractivity contribution in [2.75, 3.05) is 5.73 Å². The number of aryl methyl sites for hydroxylation is 1. The third kappa shape index (κ3) is 2.00. The number of nitrogens with zero attached hydrogens (tertiary/aromatic N) is 2. The molecule has 0 spiro atoms. The first-order valence-corrected chi connectivity index (χ1v) is 6.57. The molecular weight excluding hydrogens is 234 g/mol.